The summed E-state index contributed by atoms with van der Waals surface area (Å²) in [5, 5.41) is 17.8. The van der Waals surface area contributed by atoms with Crippen LogP contribution in [0.3, 0.4) is 0 Å². The maximum atomic E-state index is 6.18. The zero-order valence-corrected chi connectivity index (χ0v) is 15.4. The molecule has 2 N–H and O–H groups in total. The van der Waals surface area contributed by atoms with Crippen molar-refractivity contribution in [1.82, 2.24) is 20.6 Å². The number of hydrogen-bond acceptors (Lipinski definition) is 5. The molecule has 0 saturated heterocycles. The summed E-state index contributed by atoms with van der Waals surface area (Å²) < 4.78 is 6.86. The normalized spacial score (nSPS) is 10.6. The summed E-state index contributed by atoms with van der Waals surface area (Å²) >= 11 is 15.8. The van der Waals surface area contributed by atoms with Gasteiger partial charge in [-0.25, -0.2) is 0 Å². The topological polar surface area (TPSA) is 75.7 Å². The number of aromatic nitrogens is 4. The Bertz CT molecular complexity index is 808. The van der Waals surface area contributed by atoms with Crippen molar-refractivity contribution in [3.05, 3.63) is 62.0 Å². The Labute approximate surface area is 156 Å². The van der Waals surface area contributed by atoms with Gasteiger partial charge in [-0.15, -0.1) is 5.10 Å². The lowest BCUT2D eigenvalue weighted by atomic mass is 10.2. The molecule has 2 aromatic carbocycles. The molecule has 3 rings (SSSR count). The first kappa shape index (κ1) is 17.0. The van der Waals surface area contributed by atoms with Crippen LogP contribution >= 0.6 is 39.1 Å². The molecule has 9 heteroatoms. The van der Waals surface area contributed by atoms with Crippen LogP contribution in [0.2, 0.25) is 10.0 Å². The largest absolute Gasteiger partial charge is 0.488 e. The molecule has 1 heterocycles. The number of H-pyrrole nitrogens is 1. The summed E-state index contributed by atoms with van der Waals surface area (Å²) in [6, 6.07) is 11.1. The third kappa shape index (κ3) is 4.17. The fourth-order valence-electron chi connectivity index (χ4n) is 2.06. The van der Waals surface area contributed by atoms with Gasteiger partial charge in [-0.2, -0.15) is 5.21 Å². The van der Waals surface area contributed by atoms with Crippen molar-refractivity contribution in [1.29, 1.82) is 0 Å². The quantitative estimate of drug-likeness (QED) is 0.606. The Morgan fingerprint density at radius 2 is 1.96 bits per heavy atom. The Morgan fingerprint density at radius 1 is 1.17 bits per heavy atom. The maximum absolute atomic E-state index is 6.18. The van der Waals surface area contributed by atoms with Crippen LogP contribution in [-0.4, -0.2) is 20.6 Å². The van der Waals surface area contributed by atoms with Gasteiger partial charge >= 0.3 is 0 Å². The molecule has 0 aliphatic rings. The monoisotopic (exact) mass is 427 g/mol. The molecule has 6 nitrogen and oxygen atoms in total. The standard InChI is InChI=1S/C15H12BrCl2N5O/c16-10-4-5-14(9(6-10)7-19-15-20-22-23-21-15)24-8-11-12(17)2-1-3-13(11)18/h1-6H,7-8H2,(H2,19,20,21,22,23). The molecule has 1 aromatic heterocycles. The fourth-order valence-corrected chi connectivity index (χ4v) is 2.97. The van der Waals surface area contributed by atoms with E-state index in [4.69, 9.17) is 27.9 Å². The summed E-state index contributed by atoms with van der Waals surface area (Å²) in [5.41, 5.74) is 1.68. The molecule has 0 radical (unpaired) electrons. The van der Waals surface area contributed by atoms with Gasteiger partial charge in [-0.05, 0) is 35.5 Å². The van der Waals surface area contributed by atoms with Crippen LogP contribution in [0.5, 0.6) is 5.75 Å². The summed E-state index contributed by atoms with van der Waals surface area (Å²) in [6.07, 6.45) is 0. The molecule has 24 heavy (non-hydrogen) atoms. The Morgan fingerprint density at radius 3 is 2.67 bits per heavy atom. The second kappa shape index (κ2) is 7.83. The molecule has 0 saturated carbocycles. The van der Waals surface area contributed by atoms with E-state index in [-0.39, 0.29) is 6.61 Å². The summed E-state index contributed by atoms with van der Waals surface area (Å²) in [5.74, 6) is 1.13. The number of benzene rings is 2. The number of rotatable bonds is 6. The molecule has 0 spiro atoms. The second-order valence-corrected chi connectivity index (χ2v) is 6.56. The van der Waals surface area contributed by atoms with E-state index < -0.39 is 0 Å². The van der Waals surface area contributed by atoms with Crippen molar-refractivity contribution in [2.75, 3.05) is 5.32 Å². The predicted molar refractivity (Wildman–Crippen MR) is 96.4 cm³/mol. The highest BCUT2D eigenvalue weighted by atomic mass is 79.9. The number of hydrogen-bond donors (Lipinski definition) is 2. The molecule has 124 valence electrons. The number of aromatic amines is 1. The van der Waals surface area contributed by atoms with Crippen LogP contribution in [0.1, 0.15) is 11.1 Å². The average molecular weight is 429 g/mol. The highest BCUT2D eigenvalue weighted by Crippen LogP contribution is 2.28. The van der Waals surface area contributed by atoms with Crippen molar-refractivity contribution < 1.29 is 4.74 Å². The Hall–Kier alpha value is -1.83. The fraction of sp³-hybridized carbons (Fsp3) is 0.133. The molecule has 0 atom stereocenters. The van der Waals surface area contributed by atoms with Crippen LogP contribution in [0, 0.1) is 0 Å². The zero-order valence-electron chi connectivity index (χ0n) is 12.3. The first-order valence-electron chi connectivity index (χ1n) is 6.95. The molecule has 0 aliphatic heterocycles. The van der Waals surface area contributed by atoms with Gasteiger partial charge in [0.05, 0.1) is 0 Å². The first-order valence-corrected chi connectivity index (χ1v) is 8.50. The number of ether oxygens (including phenoxy) is 1. The van der Waals surface area contributed by atoms with Crippen molar-refractivity contribution in [3.63, 3.8) is 0 Å². The number of anilines is 1. The number of nitrogens with zero attached hydrogens (tertiary/aromatic N) is 3. The van der Waals surface area contributed by atoms with Crippen LogP contribution < -0.4 is 10.1 Å². The van der Waals surface area contributed by atoms with Crippen molar-refractivity contribution in [2.24, 2.45) is 0 Å². The first-order chi connectivity index (χ1) is 11.6. The minimum Gasteiger partial charge on any atom is -0.488 e. The lowest BCUT2D eigenvalue weighted by Gasteiger charge is -2.14. The summed E-state index contributed by atoms with van der Waals surface area (Å²) in [6.45, 7) is 0.750. The highest BCUT2D eigenvalue weighted by molar-refractivity contribution is 9.10. The van der Waals surface area contributed by atoms with E-state index in [1.165, 1.54) is 0 Å². The summed E-state index contributed by atoms with van der Waals surface area (Å²) in [7, 11) is 0. The molecule has 3 aromatic rings. The number of halogens is 3. The molecular formula is C15H12BrCl2N5O. The van der Waals surface area contributed by atoms with Gasteiger partial charge in [0, 0.05) is 32.2 Å². The third-order valence-electron chi connectivity index (χ3n) is 3.24. The number of nitrogens with one attached hydrogen (secondary N) is 2. The van der Waals surface area contributed by atoms with Gasteiger partial charge in [0.1, 0.15) is 12.4 Å². The van der Waals surface area contributed by atoms with Gasteiger partial charge in [-0.1, -0.05) is 50.3 Å². The smallest absolute Gasteiger partial charge is 0.263 e. The highest BCUT2D eigenvalue weighted by Gasteiger charge is 2.10. The van der Waals surface area contributed by atoms with Crippen molar-refractivity contribution >= 4 is 45.1 Å². The van der Waals surface area contributed by atoms with E-state index in [0.29, 0.717) is 28.3 Å². The summed E-state index contributed by atoms with van der Waals surface area (Å²) in [4.78, 5) is 0. The minimum atomic E-state index is 0.273. The van der Waals surface area contributed by atoms with Crippen molar-refractivity contribution in [2.45, 2.75) is 13.2 Å². The van der Waals surface area contributed by atoms with E-state index in [9.17, 15) is 0 Å². The zero-order chi connectivity index (χ0) is 16.9. The average Bonchev–Trinajstić information content (AvgIpc) is 3.07. The number of tetrazole rings is 1. The van der Waals surface area contributed by atoms with Gasteiger partial charge in [-0.3, -0.25) is 0 Å². The van der Waals surface area contributed by atoms with E-state index in [1.807, 2.05) is 18.2 Å². The van der Waals surface area contributed by atoms with E-state index in [2.05, 4.69) is 41.9 Å². The van der Waals surface area contributed by atoms with Crippen LogP contribution in [0.4, 0.5) is 5.95 Å². The second-order valence-electron chi connectivity index (χ2n) is 4.83. The van der Waals surface area contributed by atoms with Gasteiger partial charge in [0.15, 0.2) is 0 Å². The molecular weight excluding hydrogens is 417 g/mol. The molecule has 0 bridgehead atoms. The van der Waals surface area contributed by atoms with Crippen LogP contribution in [0.25, 0.3) is 0 Å². The van der Waals surface area contributed by atoms with Crippen LogP contribution in [0.15, 0.2) is 40.9 Å². The predicted octanol–water partition coefficient (Wildman–Crippen LogP) is 4.46. The lowest BCUT2D eigenvalue weighted by molar-refractivity contribution is 0.303. The Kier molecular flexibility index (Phi) is 5.55. The van der Waals surface area contributed by atoms with Crippen LogP contribution in [-0.2, 0) is 13.2 Å². The van der Waals surface area contributed by atoms with Crippen molar-refractivity contribution in [3.8, 4) is 5.75 Å². The molecule has 0 unspecified atom stereocenters. The van der Waals surface area contributed by atoms with E-state index in [1.54, 1.807) is 18.2 Å². The molecule has 0 fully saturated rings. The van der Waals surface area contributed by atoms with Gasteiger partial charge < -0.3 is 10.1 Å². The minimum absolute atomic E-state index is 0.273. The Balaban J connectivity index is 1.75. The molecule has 0 amide bonds. The van der Waals surface area contributed by atoms with E-state index >= 15 is 0 Å². The van der Waals surface area contributed by atoms with E-state index in [0.717, 1.165) is 15.6 Å². The molecule has 0 aliphatic carbocycles. The lowest BCUT2D eigenvalue weighted by Crippen LogP contribution is -2.05. The maximum Gasteiger partial charge on any atom is 0.263 e. The van der Waals surface area contributed by atoms with Gasteiger partial charge in [0.25, 0.3) is 5.95 Å². The SMILES string of the molecule is Clc1cccc(Cl)c1COc1ccc(Br)cc1CNc1nn[nH]n1. The van der Waals surface area contributed by atoms with Gasteiger partial charge in [0.2, 0.25) is 0 Å². The third-order valence-corrected chi connectivity index (χ3v) is 4.44.